The van der Waals surface area contributed by atoms with E-state index in [1.807, 2.05) is 29.2 Å². The number of hydrogen-bond donors (Lipinski definition) is 0. The summed E-state index contributed by atoms with van der Waals surface area (Å²) in [5.41, 5.74) is -0.271. The van der Waals surface area contributed by atoms with E-state index in [2.05, 4.69) is 16.8 Å². The predicted octanol–water partition coefficient (Wildman–Crippen LogP) is 9.90. The Kier molecular flexibility index (Phi) is 8.19. The highest BCUT2D eigenvalue weighted by atomic mass is 32.2. The van der Waals surface area contributed by atoms with Gasteiger partial charge in [0.15, 0.2) is 0 Å². The molecular formula is C34H30F6N4S2. The highest BCUT2D eigenvalue weighted by molar-refractivity contribution is 8.00. The van der Waals surface area contributed by atoms with Crippen molar-refractivity contribution in [3.8, 4) is 0 Å². The van der Waals surface area contributed by atoms with E-state index in [0.717, 1.165) is 61.9 Å². The molecule has 1 fully saturated rings. The fourth-order valence-electron chi connectivity index (χ4n) is 6.23. The summed E-state index contributed by atoms with van der Waals surface area (Å²) >= 11 is 2.62. The molecule has 7 rings (SSSR count). The Hall–Kier alpha value is -3.32. The zero-order chi connectivity index (χ0) is 32.2. The van der Waals surface area contributed by atoms with Crippen LogP contribution in [0.3, 0.4) is 0 Å². The van der Waals surface area contributed by atoms with E-state index in [4.69, 9.17) is 0 Å². The first-order chi connectivity index (χ1) is 22.0. The molecule has 4 aromatic rings. The van der Waals surface area contributed by atoms with Crippen LogP contribution in [0.2, 0.25) is 0 Å². The van der Waals surface area contributed by atoms with Crippen LogP contribution >= 0.6 is 23.5 Å². The minimum absolute atomic E-state index is 0.0641. The quantitative estimate of drug-likeness (QED) is 0.171. The number of fused-ring (bicyclic) bond motifs is 4. The van der Waals surface area contributed by atoms with Gasteiger partial charge in [-0.1, -0.05) is 47.8 Å². The van der Waals surface area contributed by atoms with Crippen LogP contribution in [0.4, 0.5) is 54.8 Å². The maximum atomic E-state index is 15.1. The Morgan fingerprint density at radius 1 is 0.587 bits per heavy atom. The predicted molar refractivity (Wildman–Crippen MR) is 171 cm³/mol. The van der Waals surface area contributed by atoms with Gasteiger partial charge in [-0.25, -0.2) is 0 Å². The first kappa shape index (κ1) is 31.3. The molecule has 3 aliphatic heterocycles. The molecule has 4 aromatic carbocycles. The molecule has 0 aliphatic carbocycles. The maximum absolute atomic E-state index is 15.1. The van der Waals surface area contributed by atoms with Crippen molar-refractivity contribution in [2.75, 3.05) is 56.1 Å². The van der Waals surface area contributed by atoms with Gasteiger partial charge in [-0.05, 0) is 74.6 Å². The zero-order valence-electron chi connectivity index (χ0n) is 24.8. The zero-order valence-corrected chi connectivity index (χ0v) is 26.5. The number of alkyl halides is 6. The fraction of sp³-hybridized carbons (Fsp3) is 0.294. The molecule has 46 heavy (non-hydrogen) atoms. The molecule has 240 valence electrons. The Balaban J connectivity index is 1.34. The summed E-state index contributed by atoms with van der Waals surface area (Å²) in [5, 5.41) is 0. The number of rotatable bonds is 5. The van der Waals surface area contributed by atoms with Crippen molar-refractivity contribution in [3.63, 3.8) is 0 Å². The van der Waals surface area contributed by atoms with Crippen LogP contribution in [-0.2, 0) is 12.4 Å². The lowest BCUT2D eigenvalue weighted by atomic mass is 10.0. The molecule has 0 unspecified atom stereocenters. The molecule has 1 saturated heterocycles. The van der Waals surface area contributed by atoms with E-state index in [1.54, 1.807) is 24.3 Å². The van der Waals surface area contributed by atoms with Gasteiger partial charge in [-0.2, -0.15) is 26.3 Å². The van der Waals surface area contributed by atoms with Crippen molar-refractivity contribution in [1.82, 2.24) is 9.80 Å². The van der Waals surface area contributed by atoms with E-state index in [0.29, 0.717) is 32.6 Å². The van der Waals surface area contributed by atoms with E-state index < -0.39 is 23.5 Å². The van der Waals surface area contributed by atoms with Crippen molar-refractivity contribution in [2.45, 2.75) is 38.4 Å². The molecule has 0 aromatic heterocycles. The third-order valence-electron chi connectivity index (χ3n) is 8.60. The number of anilines is 5. The van der Waals surface area contributed by atoms with Crippen molar-refractivity contribution in [1.29, 1.82) is 0 Å². The van der Waals surface area contributed by atoms with Gasteiger partial charge < -0.3 is 19.6 Å². The third kappa shape index (κ3) is 5.96. The van der Waals surface area contributed by atoms with Crippen LogP contribution in [-0.4, -0.2) is 56.1 Å². The van der Waals surface area contributed by atoms with Gasteiger partial charge in [0.2, 0.25) is 0 Å². The number of halogens is 6. The summed E-state index contributed by atoms with van der Waals surface area (Å²) in [5.74, 6) is 0. The van der Waals surface area contributed by atoms with E-state index >= 15 is 13.2 Å². The average Bonchev–Trinajstić information content (AvgIpc) is 3.02. The number of hydrogen-bond acceptors (Lipinski definition) is 6. The van der Waals surface area contributed by atoms with E-state index in [-0.39, 0.29) is 11.4 Å². The number of likely N-dealkylation sites (N-methyl/N-ethyl adjacent to an activating group) is 1. The topological polar surface area (TPSA) is 13.0 Å². The second kappa shape index (κ2) is 12.0. The van der Waals surface area contributed by atoms with Crippen molar-refractivity contribution in [2.24, 2.45) is 0 Å². The number of benzene rings is 4. The molecule has 0 radical (unpaired) electrons. The highest BCUT2D eigenvalue weighted by Crippen LogP contribution is 2.57. The third-order valence-corrected chi connectivity index (χ3v) is 10.8. The molecule has 0 amide bonds. The summed E-state index contributed by atoms with van der Waals surface area (Å²) in [7, 11) is 2.10. The molecule has 0 bridgehead atoms. The summed E-state index contributed by atoms with van der Waals surface area (Å²) in [6.07, 6.45) is -8.68. The Morgan fingerprint density at radius 3 is 1.91 bits per heavy atom. The summed E-state index contributed by atoms with van der Waals surface area (Å²) in [4.78, 5) is 10.6. The Morgan fingerprint density at radius 2 is 1.22 bits per heavy atom. The molecule has 0 N–H and O–H groups in total. The van der Waals surface area contributed by atoms with Gasteiger partial charge in [0.05, 0.1) is 39.6 Å². The van der Waals surface area contributed by atoms with Crippen molar-refractivity contribution < 1.29 is 26.3 Å². The standard InChI is InChI=1S/C34H30F6N4S2/c1-41-15-17-42(18-16-41)13-6-14-43-24-7-2-4-9-29(24)46-32-21-26(23(20-27(32)43)34(38,39)40)44-25-8-3-5-10-30(25)45-31-12-11-22(19-28(31)44)33(35,36)37/h2-5,7-12,19-21H,6,13-18H2,1H3. The number of piperazine rings is 1. The minimum Gasteiger partial charge on any atom is -0.340 e. The summed E-state index contributed by atoms with van der Waals surface area (Å²) < 4.78 is 86.9. The monoisotopic (exact) mass is 672 g/mol. The van der Waals surface area contributed by atoms with Gasteiger partial charge in [-0.15, -0.1) is 0 Å². The van der Waals surface area contributed by atoms with Crippen LogP contribution in [0.25, 0.3) is 0 Å². The molecule has 12 heteroatoms. The van der Waals surface area contributed by atoms with Crippen LogP contribution < -0.4 is 9.80 Å². The molecule has 4 nitrogen and oxygen atoms in total. The second-order valence-corrected chi connectivity index (χ2v) is 13.8. The normalized spacial score (nSPS) is 16.9. The summed E-state index contributed by atoms with van der Waals surface area (Å²) in [6.45, 7) is 5.22. The van der Waals surface area contributed by atoms with Gasteiger partial charge in [-0.3, -0.25) is 0 Å². The first-order valence-corrected chi connectivity index (χ1v) is 16.6. The van der Waals surface area contributed by atoms with Crippen molar-refractivity contribution >= 4 is 52.0 Å². The number of para-hydroxylation sites is 2. The molecule has 0 atom stereocenters. The van der Waals surface area contributed by atoms with Crippen molar-refractivity contribution in [3.05, 3.63) is 90.0 Å². The van der Waals surface area contributed by atoms with Crippen LogP contribution in [0.15, 0.2) is 98.4 Å². The SMILES string of the molecule is CN1CCN(CCCN2c3ccccc3Sc3cc(N4c5ccccc5Sc5ccc(C(F)(F)F)cc54)c(C(F)(F)F)cc32)CC1. The first-order valence-electron chi connectivity index (χ1n) is 15.0. The molecule has 3 heterocycles. The molecule has 0 spiro atoms. The smallest absolute Gasteiger partial charge is 0.340 e. The van der Waals surface area contributed by atoms with Gasteiger partial charge in [0.1, 0.15) is 0 Å². The Labute approximate surface area is 272 Å². The largest absolute Gasteiger partial charge is 0.418 e. The molecule has 3 aliphatic rings. The van der Waals surface area contributed by atoms with Crippen LogP contribution in [0.5, 0.6) is 0 Å². The molecule has 0 saturated carbocycles. The lowest BCUT2D eigenvalue weighted by Gasteiger charge is -2.38. The average molecular weight is 673 g/mol. The lowest BCUT2D eigenvalue weighted by Crippen LogP contribution is -2.45. The van der Waals surface area contributed by atoms with Gasteiger partial charge in [0.25, 0.3) is 0 Å². The summed E-state index contributed by atoms with van der Waals surface area (Å²) in [6, 6.07) is 20.5. The van der Waals surface area contributed by atoms with E-state index in [1.165, 1.54) is 46.6 Å². The van der Waals surface area contributed by atoms with Gasteiger partial charge in [0, 0.05) is 52.3 Å². The fourth-order valence-corrected chi connectivity index (χ4v) is 8.38. The van der Waals surface area contributed by atoms with Crippen LogP contribution in [0, 0.1) is 0 Å². The second-order valence-electron chi connectivity index (χ2n) is 11.6. The van der Waals surface area contributed by atoms with Crippen LogP contribution in [0.1, 0.15) is 17.5 Å². The van der Waals surface area contributed by atoms with E-state index in [9.17, 15) is 13.2 Å². The maximum Gasteiger partial charge on any atom is 0.418 e. The highest BCUT2D eigenvalue weighted by Gasteiger charge is 2.41. The Bertz CT molecular complexity index is 1770. The minimum atomic E-state index is -4.78. The lowest BCUT2D eigenvalue weighted by molar-refractivity contribution is -0.138. The van der Waals surface area contributed by atoms with Gasteiger partial charge >= 0.3 is 12.4 Å². The number of nitrogens with zero attached hydrogens (tertiary/aromatic N) is 4. The molecular weight excluding hydrogens is 643 g/mol.